The number of hydrogen-bond acceptors (Lipinski definition) is 6. The SMILES string of the molecule is Cc1cc(NC(=O)C(=O)NCc2ccco2)n(-c2nc(C)c(C)c(=O)[nH]2)n1. The van der Waals surface area contributed by atoms with Gasteiger partial charge in [0.1, 0.15) is 11.6 Å². The summed E-state index contributed by atoms with van der Waals surface area (Å²) in [5.74, 6) is -0.847. The quantitative estimate of drug-likeness (QED) is 0.580. The van der Waals surface area contributed by atoms with Gasteiger partial charge in [0.25, 0.3) is 5.56 Å². The number of aromatic amines is 1. The Morgan fingerprint density at radius 2 is 2.04 bits per heavy atom. The van der Waals surface area contributed by atoms with Gasteiger partial charge in [0.2, 0.25) is 5.95 Å². The first-order valence-corrected chi connectivity index (χ1v) is 8.11. The highest BCUT2D eigenvalue weighted by molar-refractivity contribution is 6.39. The highest BCUT2D eigenvalue weighted by Gasteiger charge is 2.18. The molecule has 3 aromatic rings. The van der Waals surface area contributed by atoms with Crippen LogP contribution in [-0.2, 0) is 16.1 Å². The van der Waals surface area contributed by atoms with Crippen molar-refractivity contribution in [2.24, 2.45) is 0 Å². The zero-order valence-electron chi connectivity index (χ0n) is 15.0. The van der Waals surface area contributed by atoms with Crippen LogP contribution in [0.4, 0.5) is 5.82 Å². The molecule has 3 aromatic heterocycles. The maximum Gasteiger partial charge on any atom is 0.314 e. The Balaban J connectivity index is 1.78. The Morgan fingerprint density at radius 1 is 1.26 bits per heavy atom. The number of nitrogens with zero attached hydrogens (tertiary/aromatic N) is 3. The third-order valence-corrected chi connectivity index (χ3v) is 3.87. The van der Waals surface area contributed by atoms with E-state index in [-0.39, 0.29) is 23.9 Å². The van der Waals surface area contributed by atoms with Crippen LogP contribution >= 0.6 is 0 Å². The standard InChI is InChI=1S/C17H18N6O4/c1-9-7-13(20-16(26)15(25)18-8-12-5-4-6-27-12)23(22-9)17-19-11(3)10(2)14(24)21-17/h4-7H,8H2,1-3H3,(H,18,25)(H,20,26)(H,19,21,24). The van der Waals surface area contributed by atoms with Crippen molar-refractivity contribution in [3.63, 3.8) is 0 Å². The Kier molecular flexibility index (Phi) is 4.88. The minimum atomic E-state index is -0.881. The molecule has 3 heterocycles. The van der Waals surface area contributed by atoms with E-state index in [9.17, 15) is 14.4 Å². The molecule has 0 aliphatic rings. The van der Waals surface area contributed by atoms with Gasteiger partial charge >= 0.3 is 11.8 Å². The van der Waals surface area contributed by atoms with Gasteiger partial charge in [-0.05, 0) is 32.9 Å². The Bertz CT molecular complexity index is 1050. The van der Waals surface area contributed by atoms with Gasteiger partial charge in [-0.15, -0.1) is 0 Å². The van der Waals surface area contributed by atoms with E-state index in [0.717, 1.165) is 0 Å². The number of nitrogens with one attached hydrogen (secondary N) is 3. The van der Waals surface area contributed by atoms with Crippen molar-refractivity contribution in [1.29, 1.82) is 0 Å². The minimum absolute atomic E-state index is 0.0869. The van der Waals surface area contributed by atoms with Crippen LogP contribution in [0.5, 0.6) is 0 Å². The molecule has 0 bridgehead atoms. The molecule has 0 fully saturated rings. The first-order chi connectivity index (χ1) is 12.8. The first-order valence-electron chi connectivity index (χ1n) is 8.11. The lowest BCUT2D eigenvalue weighted by molar-refractivity contribution is -0.136. The second-order valence-electron chi connectivity index (χ2n) is 5.90. The monoisotopic (exact) mass is 370 g/mol. The summed E-state index contributed by atoms with van der Waals surface area (Å²) in [5, 5.41) is 9.13. The number of carbonyl (C=O) groups excluding carboxylic acids is 2. The van der Waals surface area contributed by atoms with Gasteiger partial charge in [0.05, 0.1) is 18.5 Å². The fraction of sp³-hybridized carbons (Fsp3) is 0.235. The van der Waals surface area contributed by atoms with Crippen molar-refractivity contribution in [1.82, 2.24) is 25.1 Å². The maximum absolute atomic E-state index is 12.2. The van der Waals surface area contributed by atoms with Crippen molar-refractivity contribution in [3.05, 3.63) is 57.5 Å². The molecule has 27 heavy (non-hydrogen) atoms. The van der Waals surface area contributed by atoms with E-state index in [1.54, 1.807) is 39.0 Å². The molecule has 0 radical (unpaired) electrons. The summed E-state index contributed by atoms with van der Waals surface area (Å²) in [5.41, 5.74) is 1.29. The number of aryl methyl sites for hydroxylation is 2. The molecule has 0 saturated heterocycles. The van der Waals surface area contributed by atoms with Crippen LogP contribution in [0.15, 0.2) is 33.7 Å². The van der Waals surface area contributed by atoms with E-state index in [4.69, 9.17) is 4.42 Å². The van der Waals surface area contributed by atoms with Gasteiger partial charge in [-0.2, -0.15) is 9.78 Å². The second kappa shape index (κ2) is 7.28. The van der Waals surface area contributed by atoms with E-state index >= 15 is 0 Å². The molecule has 140 valence electrons. The largest absolute Gasteiger partial charge is 0.467 e. The van der Waals surface area contributed by atoms with E-state index in [0.29, 0.717) is 22.7 Å². The summed E-state index contributed by atoms with van der Waals surface area (Å²) < 4.78 is 6.36. The summed E-state index contributed by atoms with van der Waals surface area (Å²) >= 11 is 0. The van der Waals surface area contributed by atoms with Crippen LogP contribution in [0.25, 0.3) is 5.95 Å². The number of carbonyl (C=O) groups is 2. The molecule has 0 spiro atoms. The van der Waals surface area contributed by atoms with Gasteiger partial charge in [0, 0.05) is 17.3 Å². The molecule has 0 aliphatic carbocycles. The second-order valence-corrected chi connectivity index (χ2v) is 5.90. The topological polar surface area (TPSA) is 135 Å². The lowest BCUT2D eigenvalue weighted by atomic mass is 10.3. The van der Waals surface area contributed by atoms with Crippen LogP contribution in [0.2, 0.25) is 0 Å². The molecule has 3 rings (SSSR count). The van der Waals surface area contributed by atoms with Gasteiger partial charge in [-0.3, -0.25) is 19.4 Å². The smallest absolute Gasteiger partial charge is 0.314 e. The number of furan rings is 1. The van der Waals surface area contributed by atoms with Crippen LogP contribution in [-0.4, -0.2) is 31.6 Å². The van der Waals surface area contributed by atoms with Gasteiger partial charge < -0.3 is 15.1 Å². The maximum atomic E-state index is 12.2. The van der Waals surface area contributed by atoms with Gasteiger partial charge in [-0.1, -0.05) is 0 Å². The van der Waals surface area contributed by atoms with E-state index in [2.05, 4.69) is 25.7 Å². The minimum Gasteiger partial charge on any atom is -0.467 e. The number of amides is 2. The van der Waals surface area contributed by atoms with Crippen LogP contribution in [0, 0.1) is 20.8 Å². The summed E-state index contributed by atoms with van der Waals surface area (Å²) in [4.78, 5) is 43.0. The molecule has 3 N–H and O–H groups in total. The van der Waals surface area contributed by atoms with Crippen molar-refractivity contribution < 1.29 is 14.0 Å². The summed E-state index contributed by atoms with van der Waals surface area (Å²) in [6.07, 6.45) is 1.47. The Morgan fingerprint density at radius 3 is 2.70 bits per heavy atom. The molecule has 0 aromatic carbocycles. The fourth-order valence-electron chi connectivity index (χ4n) is 2.31. The predicted octanol–water partition coefficient (Wildman–Crippen LogP) is 0.729. The fourth-order valence-corrected chi connectivity index (χ4v) is 2.31. The molecule has 0 atom stereocenters. The number of aromatic nitrogens is 4. The summed E-state index contributed by atoms with van der Waals surface area (Å²) in [6.45, 7) is 5.15. The molecular formula is C17H18N6O4. The van der Waals surface area contributed by atoms with Gasteiger partial charge in [0.15, 0.2) is 0 Å². The molecule has 10 nitrogen and oxygen atoms in total. The lowest BCUT2D eigenvalue weighted by Crippen LogP contribution is -2.35. The first kappa shape index (κ1) is 18.1. The van der Waals surface area contributed by atoms with Gasteiger partial charge in [-0.25, -0.2) is 4.98 Å². The average Bonchev–Trinajstić information content (AvgIpc) is 3.26. The van der Waals surface area contributed by atoms with E-state index < -0.39 is 11.8 Å². The third kappa shape index (κ3) is 3.94. The molecule has 0 saturated carbocycles. The predicted molar refractivity (Wildman–Crippen MR) is 95.4 cm³/mol. The molecular weight excluding hydrogens is 352 g/mol. The van der Waals surface area contributed by atoms with Crippen molar-refractivity contribution in [2.75, 3.05) is 5.32 Å². The number of H-pyrrole nitrogens is 1. The number of anilines is 1. The van der Waals surface area contributed by atoms with E-state index in [1.807, 2.05) is 0 Å². The number of hydrogen-bond donors (Lipinski definition) is 3. The summed E-state index contributed by atoms with van der Waals surface area (Å²) in [7, 11) is 0. The molecule has 2 amide bonds. The zero-order chi connectivity index (χ0) is 19.6. The highest BCUT2D eigenvalue weighted by atomic mass is 16.3. The Labute approximate surface area is 153 Å². The highest BCUT2D eigenvalue weighted by Crippen LogP contribution is 2.14. The number of rotatable bonds is 4. The average molecular weight is 370 g/mol. The van der Waals surface area contributed by atoms with Crippen molar-refractivity contribution in [3.8, 4) is 5.95 Å². The van der Waals surface area contributed by atoms with Crippen LogP contribution in [0.1, 0.15) is 22.7 Å². The summed E-state index contributed by atoms with van der Waals surface area (Å²) in [6, 6.07) is 4.92. The van der Waals surface area contributed by atoms with Crippen LogP contribution in [0.3, 0.4) is 0 Å². The van der Waals surface area contributed by atoms with Crippen molar-refractivity contribution in [2.45, 2.75) is 27.3 Å². The zero-order valence-corrected chi connectivity index (χ0v) is 15.0. The normalized spacial score (nSPS) is 10.6. The Hall–Kier alpha value is -3.69. The van der Waals surface area contributed by atoms with Crippen LogP contribution < -0.4 is 16.2 Å². The molecule has 10 heteroatoms. The molecule has 0 unspecified atom stereocenters. The van der Waals surface area contributed by atoms with Crippen molar-refractivity contribution >= 4 is 17.6 Å². The third-order valence-electron chi connectivity index (χ3n) is 3.87. The van der Waals surface area contributed by atoms with E-state index in [1.165, 1.54) is 10.9 Å². The molecule has 0 aliphatic heterocycles. The lowest BCUT2D eigenvalue weighted by Gasteiger charge is -2.09.